The van der Waals surface area contributed by atoms with Crippen LogP contribution in [0, 0.1) is 5.82 Å². The molecule has 1 fully saturated rings. The molecule has 1 aromatic heterocycles. The molecule has 1 aromatic carbocycles. The van der Waals surface area contributed by atoms with Crippen LogP contribution < -0.4 is 15.4 Å². The molecule has 9 nitrogen and oxygen atoms in total. The number of sulfonamides is 1. The van der Waals surface area contributed by atoms with Gasteiger partial charge in [-0.3, -0.25) is 4.72 Å². The summed E-state index contributed by atoms with van der Waals surface area (Å²) in [6, 6.07) is 2.54. The normalized spacial score (nSPS) is 16.1. The van der Waals surface area contributed by atoms with E-state index in [1.165, 1.54) is 6.20 Å². The number of hydrogen-bond acceptors (Lipinski definition) is 7. The molecular weight excluding hydrogens is 529 g/mol. The van der Waals surface area contributed by atoms with E-state index in [4.69, 9.17) is 16.3 Å². The van der Waals surface area contributed by atoms with Crippen LogP contribution in [0.2, 0.25) is 5.02 Å². The number of unbranched alkanes of at least 4 members (excludes halogenated alkanes) is 1. The highest BCUT2D eigenvalue weighted by molar-refractivity contribution is 7.93. The van der Waals surface area contributed by atoms with E-state index in [-0.39, 0.29) is 16.2 Å². The monoisotopic (exact) mass is 562 g/mol. The van der Waals surface area contributed by atoms with Crippen LogP contribution in [0.5, 0.6) is 0 Å². The molecule has 13 heteroatoms. The number of hydrogen-bond donors (Lipinski definition) is 3. The number of rotatable bonds is 11. The quantitative estimate of drug-likeness (QED) is 0.358. The van der Waals surface area contributed by atoms with Crippen molar-refractivity contribution in [2.45, 2.75) is 63.0 Å². The molecule has 0 bridgehead atoms. The average Bonchev–Trinajstić information content (AvgIpc) is 3.47. The van der Waals surface area contributed by atoms with Gasteiger partial charge < -0.3 is 20.3 Å². The Kier molecular flexibility index (Phi) is 9.79. The highest BCUT2D eigenvalue weighted by Gasteiger charge is 2.27. The fourth-order valence-corrected chi connectivity index (χ4v) is 6.02. The van der Waals surface area contributed by atoms with Crippen LogP contribution in [0.15, 0.2) is 28.6 Å². The maximum Gasteiger partial charge on any atom is 0.410 e. The number of amides is 1. The van der Waals surface area contributed by atoms with Crippen LogP contribution in [-0.2, 0) is 14.8 Å². The molecule has 1 amide bonds. The molecule has 36 heavy (non-hydrogen) atoms. The first-order chi connectivity index (χ1) is 16.9. The van der Waals surface area contributed by atoms with Crippen molar-refractivity contribution >= 4 is 49.9 Å². The number of carbonyl (C=O) groups excluding carboxylic acids is 1. The van der Waals surface area contributed by atoms with Crippen LogP contribution in [0.1, 0.15) is 46.5 Å². The molecule has 0 saturated carbocycles. The van der Waals surface area contributed by atoms with Gasteiger partial charge in [-0.05, 0) is 45.7 Å². The Balaban J connectivity index is 1.53. The Morgan fingerprint density at radius 2 is 2.14 bits per heavy atom. The van der Waals surface area contributed by atoms with Crippen molar-refractivity contribution < 1.29 is 27.7 Å². The molecule has 1 aliphatic rings. The summed E-state index contributed by atoms with van der Waals surface area (Å²) < 4.78 is 47.5. The number of aromatic nitrogens is 1. The van der Waals surface area contributed by atoms with Gasteiger partial charge in [0.1, 0.15) is 22.4 Å². The van der Waals surface area contributed by atoms with Gasteiger partial charge in [0.2, 0.25) is 0 Å². The predicted octanol–water partition coefficient (Wildman–Crippen LogP) is 3.89. The summed E-state index contributed by atoms with van der Waals surface area (Å²) in [7, 11) is -4.16. The van der Waals surface area contributed by atoms with Gasteiger partial charge in [0, 0.05) is 37.5 Å². The minimum Gasteiger partial charge on any atom is -0.444 e. The van der Waals surface area contributed by atoms with Gasteiger partial charge in [0.05, 0.1) is 23.8 Å². The second kappa shape index (κ2) is 12.4. The highest BCUT2D eigenvalue weighted by atomic mass is 35.5. The zero-order chi connectivity index (χ0) is 26.3. The topological polar surface area (TPSA) is 117 Å². The van der Waals surface area contributed by atoms with Crippen molar-refractivity contribution in [3.8, 4) is 0 Å². The summed E-state index contributed by atoms with van der Waals surface area (Å²) in [5.41, 5.74) is -0.265. The van der Waals surface area contributed by atoms with E-state index in [1.54, 1.807) is 10.3 Å². The fourth-order valence-electron chi connectivity index (χ4n) is 3.85. The van der Waals surface area contributed by atoms with Crippen molar-refractivity contribution in [1.29, 1.82) is 0 Å². The van der Waals surface area contributed by atoms with Crippen molar-refractivity contribution in [1.82, 2.24) is 9.88 Å². The number of carbonyl (C=O) groups is 1. The van der Waals surface area contributed by atoms with E-state index in [0.29, 0.717) is 44.2 Å². The summed E-state index contributed by atoms with van der Waals surface area (Å²) in [4.78, 5) is 17.7. The molecule has 1 aliphatic heterocycles. The van der Waals surface area contributed by atoms with E-state index in [1.807, 2.05) is 20.8 Å². The molecule has 4 N–H and O–H groups in total. The number of anilines is 2. The van der Waals surface area contributed by atoms with Crippen LogP contribution in [0.25, 0.3) is 0 Å². The zero-order valence-electron chi connectivity index (χ0n) is 20.7. The molecule has 0 unspecified atom stereocenters. The highest BCUT2D eigenvalue weighted by Crippen LogP contribution is 2.29. The second-order valence-corrected chi connectivity index (χ2v) is 12.6. The molecule has 1 saturated heterocycles. The summed E-state index contributed by atoms with van der Waals surface area (Å²) in [5, 5.41) is 7.15. The van der Waals surface area contributed by atoms with Crippen LogP contribution >= 0.6 is 22.9 Å². The first kappa shape index (κ1) is 28.4. The smallest absolute Gasteiger partial charge is 0.410 e. The number of nitrogens with two attached hydrogens (primary N) is 1. The lowest BCUT2D eigenvalue weighted by atomic mass is 10.2. The average molecular weight is 563 g/mol. The summed E-state index contributed by atoms with van der Waals surface area (Å²) in [6.45, 7) is 8.29. The number of ether oxygens (including phenoxy) is 1. The largest absolute Gasteiger partial charge is 0.444 e. The first-order valence-corrected chi connectivity index (χ1v) is 14.7. The number of benzene rings is 1. The Bertz CT molecular complexity index is 1120. The SMILES string of the molecule is CC(C)(C)OC(=O)N(CCCCNc1cc(F)c(S(=O)(=O)Nc2nccs2)cc1Cl)C[C@H]1CCC[NH2+]1. The summed E-state index contributed by atoms with van der Waals surface area (Å²) >= 11 is 7.33. The Hall–Kier alpha value is -2.15. The third kappa shape index (κ3) is 8.46. The van der Waals surface area contributed by atoms with Crippen LogP contribution in [-0.4, -0.2) is 62.2 Å². The Labute approximate surface area is 220 Å². The molecule has 0 spiro atoms. The fraction of sp³-hybridized carbons (Fsp3) is 0.565. The predicted molar refractivity (Wildman–Crippen MR) is 140 cm³/mol. The molecule has 2 aromatic rings. The van der Waals surface area contributed by atoms with Gasteiger partial charge in [-0.1, -0.05) is 11.6 Å². The number of nitrogens with zero attached hydrogens (tertiary/aromatic N) is 2. The molecule has 2 heterocycles. The van der Waals surface area contributed by atoms with Crippen molar-refractivity contribution in [3.63, 3.8) is 0 Å². The lowest BCUT2D eigenvalue weighted by Gasteiger charge is -2.28. The third-order valence-electron chi connectivity index (χ3n) is 5.52. The van der Waals surface area contributed by atoms with Gasteiger partial charge in [-0.25, -0.2) is 22.6 Å². The second-order valence-electron chi connectivity index (χ2n) is 9.69. The van der Waals surface area contributed by atoms with E-state index in [2.05, 4.69) is 20.3 Å². The molecule has 0 radical (unpaired) electrons. The van der Waals surface area contributed by atoms with Gasteiger partial charge in [-0.2, -0.15) is 0 Å². The number of quaternary nitrogens is 1. The van der Waals surface area contributed by atoms with Crippen LogP contribution in [0.4, 0.5) is 20.0 Å². The van der Waals surface area contributed by atoms with E-state index >= 15 is 0 Å². The molecule has 200 valence electrons. The van der Waals surface area contributed by atoms with E-state index in [9.17, 15) is 17.6 Å². The van der Waals surface area contributed by atoms with E-state index < -0.39 is 26.3 Å². The van der Waals surface area contributed by atoms with Crippen molar-refractivity contribution in [2.75, 3.05) is 36.2 Å². The van der Waals surface area contributed by atoms with Gasteiger partial charge in [-0.15, -0.1) is 11.3 Å². The van der Waals surface area contributed by atoms with Gasteiger partial charge in [0.15, 0.2) is 5.13 Å². The standard InChI is InChI=1S/C23H33ClFN5O4S2/c1-23(2,3)34-22(31)30(15-16-7-6-9-26-16)11-5-4-8-27-19-14-18(25)20(13-17(19)24)36(32,33)29-21-28-10-12-35-21/h10,12-14,16,26-27H,4-9,11,15H2,1-3H3,(H,28,29)/p+1/t16-/m1/s1. The number of nitrogens with one attached hydrogen (secondary N) is 2. The Morgan fingerprint density at radius 1 is 1.36 bits per heavy atom. The molecule has 0 aliphatic carbocycles. The maximum absolute atomic E-state index is 14.7. The molecular formula is C23H34ClFN5O4S2+. The Morgan fingerprint density at radius 3 is 2.78 bits per heavy atom. The number of halogens is 2. The minimum atomic E-state index is -4.16. The van der Waals surface area contributed by atoms with Crippen molar-refractivity contribution in [2.24, 2.45) is 0 Å². The lowest BCUT2D eigenvalue weighted by Crippen LogP contribution is -2.88. The molecule has 3 rings (SSSR count). The van der Waals surface area contributed by atoms with Gasteiger partial charge >= 0.3 is 6.09 Å². The van der Waals surface area contributed by atoms with Crippen molar-refractivity contribution in [3.05, 3.63) is 34.5 Å². The summed E-state index contributed by atoms with van der Waals surface area (Å²) in [6.07, 6.45) is 4.76. The first-order valence-electron chi connectivity index (χ1n) is 11.9. The van der Waals surface area contributed by atoms with Crippen LogP contribution in [0.3, 0.4) is 0 Å². The lowest BCUT2D eigenvalue weighted by molar-refractivity contribution is -0.669. The van der Waals surface area contributed by atoms with Gasteiger partial charge in [0.25, 0.3) is 10.0 Å². The zero-order valence-corrected chi connectivity index (χ0v) is 23.1. The summed E-state index contributed by atoms with van der Waals surface area (Å²) in [5.74, 6) is -0.921. The molecule has 1 atom stereocenters. The minimum absolute atomic E-state index is 0.0862. The van der Waals surface area contributed by atoms with E-state index in [0.717, 1.165) is 42.9 Å². The third-order valence-corrected chi connectivity index (χ3v) is 8.01. The maximum atomic E-state index is 14.7. The number of thiazole rings is 1.